The minimum atomic E-state index is 0.112. The summed E-state index contributed by atoms with van der Waals surface area (Å²) in [5.74, 6) is 1.48. The molecule has 0 aromatic heterocycles. The molecule has 0 bridgehead atoms. The molecule has 5 heteroatoms. The summed E-state index contributed by atoms with van der Waals surface area (Å²) in [6, 6.07) is 17.7. The minimum absolute atomic E-state index is 0.112. The highest BCUT2D eigenvalue weighted by Crippen LogP contribution is 2.21. The fraction of sp³-hybridized carbons (Fsp3) is 0.462. The van der Waals surface area contributed by atoms with Crippen molar-refractivity contribution >= 4 is 11.8 Å². The van der Waals surface area contributed by atoms with Crippen molar-refractivity contribution in [2.45, 2.75) is 38.5 Å². The van der Waals surface area contributed by atoms with Crippen molar-refractivity contribution in [2.24, 2.45) is 5.92 Å². The van der Waals surface area contributed by atoms with Gasteiger partial charge in [-0.15, -0.1) is 0 Å². The van der Waals surface area contributed by atoms with Crippen molar-refractivity contribution in [1.29, 1.82) is 0 Å². The molecule has 2 fully saturated rings. The Morgan fingerprint density at radius 1 is 0.871 bits per heavy atom. The normalized spacial score (nSPS) is 18.8. The summed E-state index contributed by atoms with van der Waals surface area (Å²) in [5.41, 5.74) is 1.93. The van der Waals surface area contributed by atoms with E-state index in [1.54, 1.807) is 0 Å². The number of piperidine rings is 1. The molecule has 0 spiro atoms. The van der Waals surface area contributed by atoms with Gasteiger partial charge in [-0.2, -0.15) is 0 Å². The molecule has 0 N–H and O–H groups in total. The molecule has 5 nitrogen and oxygen atoms in total. The smallest absolute Gasteiger partial charge is 0.253 e. The van der Waals surface area contributed by atoms with Crippen molar-refractivity contribution in [1.82, 2.24) is 9.80 Å². The summed E-state index contributed by atoms with van der Waals surface area (Å²) >= 11 is 0. The largest absolute Gasteiger partial charge is 0.493 e. The van der Waals surface area contributed by atoms with E-state index in [-0.39, 0.29) is 11.8 Å². The maximum absolute atomic E-state index is 12.7. The van der Waals surface area contributed by atoms with Gasteiger partial charge < -0.3 is 14.5 Å². The highest BCUT2D eigenvalue weighted by Gasteiger charge is 2.24. The van der Waals surface area contributed by atoms with Crippen molar-refractivity contribution in [3.8, 4) is 5.75 Å². The third-order valence-electron chi connectivity index (χ3n) is 6.32. The van der Waals surface area contributed by atoms with Gasteiger partial charge in [0.2, 0.25) is 5.91 Å². The Hall–Kier alpha value is -2.82. The van der Waals surface area contributed by atoms with Crippen LogP contribution in [-0.2, 0) is 11.2 Å². The van der Waals surface area contributed by atoms with Crippen molar-refractivity contribution < 1.29 is 14.3 Å². The number of ether oxygens (including phenoxy) is 1. The lowest BCUT2D eigenvalue weighted by Gasteiger charge is -2.32. The molecular formula is C26H32N2O3. The molecule has 31 heavy (non-hydrogen) atoms. The number of carbonyl (C=O) groups is 2. The van der Waals surface area contributed by atoms with Crippen molar-refractivity contribution in [2.75, 3.05) is 32.8 Å². The first kappa shape index (κ1) is 21.4. The summed E-state index contributed by atoms with van der Waals surface area (Å²) in [6.07, 6.45) is 5.65. The first-order chi connectivity index (χ1) is 15.2. The van der Waals surface area contributed by atoms with Crippen LogP contribution in [0.15, 0.2) is 54.6 Å². The number of benzene rings is 2. The SMILES string of the molecule is O=C(CCc1ccccc1)N1CCC[C@@H](COc2ccc(C(=O)N3CCCC3)cc2)C1. The zero-order valence-electron chi connectivity index (χ0n) is 18.2. The molecule has 0 radical (unpaired) electrons. The second kappa shape index (κ2) is 10.5. The maximum Gasteiger partial charge on any atom is 0.253 e. The zero-order chi connectivity index (χ0) is 21.5. The van der Waals surface area contributed by atoms with E-state index in [0.29, 0.717) is 18.9 Å². The number of hydrogen-bond acceptors (Lipinski definition) is 3. The van der Waals surface area contributed by atoms with Gasteiger partial charge in [0.1, 0.15) is 5.75 Å². The van der Waals surface area contributed by atoms with Gasteiger partial charge in [-0.25, -0.2) is 0 Å². The zero-order valence-corrected chi connectivity index (χ0v) is 18.2. The Bertz CT molecular complexity index is 860. The lowest BCUT2D eigenvalue weighted by atomic mass is 9.98. The lowest BCUT2D eigenvalue weighted by Crippen LogP contribution is -2.41. The van der Waals surface area contributed by atoms with E-state index in [1.165, 1.54) is 5.56 Å². The Morgan fingerprint density at radius 3 is 2.32 bits per heavy atom. The molecule has 0 saturated carbocycles. The van der Waals surface area contributed by atoms with Crippen LogP contribution in [0.25, 0.3) is 0 Å². The average molecular weight is 421 g/mol. The van der Waals surface area contributed by atoms with Crippen LogP contribution in [-0.4, -0.2) is 54.4 Å². The summed E-state index contributed by atoms with van der Waals surface area (Å²) in [4.78, 5) is 29.0. The molecule has 0 aliphatic carbocycles. The number of nitrogens with zero attached hydrogens (tertiary/aromatic N) is 2. The number of amides is 2. The fourth-order valence-corrected chi connectivity index (χ4v) is 4.49. The minimum Gasteiger partial charge on any atom is -0.493 e. The van der Waals surface area contributed by atoms with Crippen molar-refractivity contribution in [3.63, 3.8) is 0 Å². The molecule has 1 atom stereocenters. The number of hydrogen-bond donors (Lipinski definition) is 0. The molecule has 2 aliphatic heterocycles. The van der Waals surface area contributed by atoms with Crippen LogP contribution in [0.4, 0.5) is 0 Å². The van der Waals surface area contributed by atoms with E-state index in [2.05, 4.69) is 12.1 Å². The molecule has 2 saturated heterocycles. The first-order valence-electron chi connectivity index (χ1n) is 11.5. The molecule has 2 amide bonds. The van der Waals surface area contributed by atoms with E-state index in [9.17, 15) is 9.59 Å². The highest BCUT2D eigenvalue weighted by atomic mass is 16.5. The average Bonchev–Trinajstić information content (AvgIpc) is 3.37. The number of aryl methyl sites for hydroxylation is 1. The topological polar surface area (TPSA) is 49.9 Å². The van der Waals surface area contributed by atoms with Crippen LogP contribution in [0.3, 0.4) is 0 Å². The van der Waals surface area contributed by atoms with Crippen LogP contribution >= 0.6 is 0 Å². The molecule has 4 rings (SSSR count). The van der Waals surface area contributed by atoms with E-state index in [1.807, 2.05) is 52.3 Å². The molecule has 164 valence electrons. The summed E-state index contributed by atoms with van der Waals surface area (Å²) in [7, 11) is 0. The van der Waals surface area contributed by atoms with Gasteiger partial charge in [-0.3, -0.25) is 9.59 Å². The molecule has 2 aromatic carbocycles. The van der Waals surface area contributed by atoms with Crippen LogP contribution in [0.5, 0.6) is 5.75 Å². The van der Waals surface area contributed by atoms with E-state index >= 15 is 0 Å². The van der Waals surface area contributed by atoms with Gasteiger partial charge in [-0.1, -0.05) is 30.3 Å². The van der Waals surface area contributed by atoms with Gasteiger partial charge in [0, 0.05) is 44.1 Å². The molecule has 2 heterocycles. The highest BCUT2D eigenvalue weighted by molar-refractivity contribution is 5.94. The second-order valence-corrected chi connectivity index (χ2v) is 8.67. The van der Waals surface area contributed by atoms with Crippen LogP contribution < -0.4 is 4.74 Å². The molecular weight excluding hydrogens is 388 g/mol. The summed E-state index contributed by atoms with van der Waals surface area (Å²) in [5, 5.41) is 0. The van der Waals surface area contributed by atoms with Gasteiger partial charge in [0.05, 0.1) is 6.61 Å². The quantitative estimate of drug-likeness (QED) is 0.675. The predicted molar refractivity (Wildman–Crippen MR) is 121 cm³/mol. The molecule has 2 aromatic rings. The van der Waals surface area contributed by atoms with Gasteiger partial charge in [0.15, 0.2) is 0 Å². The maximum atomic E-state index is 12.7. The van der Waals surface area contributed by atoms with E-state index in [0.717, 1.165) is 69.6 Å². The summed E-state index contributed by atoms with van der Waals surface area (Å²) < 4.78 is 6.00. The lowest BCUT2D eigenvalue weighted by molar-refractivity contribution is -0.133. The summed E-state index contributed by atoms with van der Waals surface area (Å²) in [6.45, 7) is 3.93. The Kier molecular flexibility index (Phi) is 7.23. The standard InChI is InChI=1S/C26H32N2O3/c29-25(15-10-21-7-2-1-3-8-21)28-18-6-9-22(19-28)20-31-24-13-11-23(12-14-24)26(30)27-16-4-5-17-27/h1-3,7-8,11-14,22H,4-6,9-10,15-20H2/t22-/m1/s1. The van der Waals surface area contributed by atoms with E-state index in [4.69, 9.17) is 4.74 Å². The Labute approximate surface area is 185 Å². The van der Waals surface area contributed by atoms with Gasteiger partial charge in [-0.05, 0) is 61.9 Å². The monoisotopic (exact) mass is 420 g/mol. The van der Waals surface area contributed by atoms with Crippen LogP contribution in [0, 0.1) is 5.92 Å². The number of rotatable bonds is 7. The number of carbonyl (C=O) groups excluding carboxylic acids is 2. The Balaban J connectivity index is 1.23. The molecule has 2 aliphatic rings. The number of likely N-dealkylation sites (tertiary alicyclic amines) is 2. The second-order valence-electron chi connectivity index (χ2n) is 8.67. The van der Waals surface area contributed by atoms with Crippen molar-refractivity contribution in [3.05, 3.63) is 65.7 Å². The fourth-order valence-electron chi connectivity index (χ4n) is 4.49. The van der Waals surface area contributed by atoms with Gasteiger partial charge >= 0.3 is 0 Å². The third kappa shape index (κ3) is 5.87. The third-order valence-corrected chi connectivity index (χ3v) is 6.32. The van der Waals surface area contributed by atoms with E-state index < -0.39 is 0 Å². The predicted octanol–water partition coefficient (Wildman–Crippen LogP) is 4.17. The Morgan fingerprint density at radius 2 is 1.58 bits per heavy atom. The van der Waals surface area contributed by atoms with Crippen LogP contribution in [0.2, 0.25) is 0 Å². The first-order valence-corrected chi connectivity index (χ1v) is 11.5. The molecule has 0 unspecified atom stereocenters. The van der Waals surface area contributed by atoms with Gasteiger partial charge in [0.25, 0.3) is 5.91 Å². The van der Waals surface area contributed by atoms with Crippen LogP contribution in [0.1, 0.15) is 48.0 Å².